The third-order valence-corrected chi connectivity index (χ3v) is 2.76. The Labute approximate surface area is 111 Å². The lowest BCUT2D eigenvalue weighted by molar-refractivity contribution is 0.271. The summed E-state index contributed by atoms with van der Waals surface area (Å²) in [6.45, 7) is 15.0. The highest BCUT2D eigenvalue weighted by molar-refractivity contribution is 5.07. The highest BCUT2D eigenvalue weighted by Crippen LogP contribution is 2.11. The van der Waals surface area contributed by atoms with E-state index in [2.05, 4.69) is 49.7 Å². The van der Waals surface area contributed by atoms with Gasteiger partial charge in [0.2, 0.25) is 0 Å². The van der Waals surface area contributed by atoms with Gasteiger partial charge >= 0.3 is 0 Å². The van der Waals surface area contributed by atoms with Crippen molar-refractivity contribution in [2.24, 2.45) is 0 Å². The van der Waals surface area contributed by atoms with Gasteiger partial charge in [-0.2, -0.15) is 0 Å². The summed E-state index contributed by atoms with van der Waals surface area (Å²) >= 11 is 0. The maximum absolute atomic E-state index is 5.81. The summed E-state index contributed by atoms with van der Waals surface area (Å²) in [4.78, 5) is 2.32. The molecular weight excluding hydrogens is 224 g/mol. The topological polar surface area (TPSA) is 28.4 Å². The Morgan fingerprint density at radius 2 is 2.06 bits per heavy atom. The third-order valence-electron chi connectivity index (χ3n) is 2.76. The Morgan fingerprint density at radius 3 is 2.67 bits per heavy atom. The zero-order chi connectivity index (χ0) is 13.4. The van der Waals surface area contributed by atoms with Crippen LogP contribution in [0.3, 0.4) is 0 Å². The van der Waals surface area contributed by atoms with Gasteiger partial charge in [0.25, 0.3) is 0 Å². The molecule has 1 heterocycles. The number of furan rings is 1. The Balaban J connectivity index is 2.44. The van der Waals surface area contributed by atoms with Crippen LogP contribution in [0.15, 0.2) is 28.7 Å². The van der Waals surface area contributed by atoms with Crippen LogP contribution in [0.1, 0.15) is 38.7 Å². The summed E-state index contributed by atoms with van der Waals surface area (Å²) in [5.74, 6) is 2.05. The van der Waals surface area contributed by atoms with E-state index in [0.29, 0.717) is 0 Å². The second-order valence-electron chi connectivity index (χ2n) is 4.81. The summed E-state index contributed by atoms with van der Waals surface area (Å²) in [5.41, 5.74) is 1.19. The van der Waals surface area contributed by atoms with Crippen LogP contribution in [0.2, 0.25) is 0 Å². The number of hydrogen-bond donors (Lipinski definition) is 1. The zero-order valence-corrected chi connectivity index (χ0v) is 12.0. The fourth-order valence-electron chi connectivity index (χ4n) is 1.87. The molecule has 0 aliphatic heterocycles. The molecule has 0 saturated heterocycles. The minimum absolute atomic E-state index is 0.820. The Bertz CT molecular complexity index is 357. The number of nitrogens with zero attached hydrogens (tertiary/aromatic N) is 1. The van der Waals surface area contributed by atoms with Crippen molar-refractivity contribution >= 4 is 0 Å². The van der Waals surface area contributed by atoms with Crippen LogP contribution in [0.25, 0.3) is 0 Å². The lowest BCUT2D eigenvalue weighted by Crippen LogP contribution is -2.24. The van der Waals surface area contributed by atoms with Crippen LogP contribution < -0.4 is 5.32 Å². The van der Waals surface area contributed by atoms with E-state index in [-0.39, 0.29) is 0 Å². The van der Waals surface area contributed by atoms with Gasteiger partial charge in [0, 0.05) is 6.54 Å². The molecule has 0 aliphatic carbocycles. The zero-order valence-electron chi connectivity index (χ0n) is 12.0. The molecule has 18 heavy (non-hydrogen) atoms. The molecule has 0 unspecified atom stereocenters. The van der Waals surface area contributed by atoms with E-state index in [1.165, 1.54) is 5.57 Å². The van der Waals surface area contributed by atoms with Crippen molar-refractivity contribution in [1.29, 1.82) is 0 Å². The van der Waals surface area contributed by atoms with E-state index in [0.717, 1.165) is 50.7 Å². The normalized spacial score (nSPS) is 11.1. The molecule has 102 valence electrons. The smallest absolute Gasteiger partial charge is 0.118 e. The monoisotopic (exact) mass is 250 g/mol. The van der Waals surface area contributed by atoms with Gasteiger partial charge < -0.3 is 9.73 Å². The van der Waals surface area contributed by atoms with Gasteiger partial charge in [-0.3, -0.25) is 4.90 Å². The first-order valence-electron chi connectivity index (χ1n) is 6.80. The molecule has 0 spiro atoms. The van der Waals surface area contributed by atoms with Crippen LogP contribution >= 0.6 is 0 Å². The number of likely N-dealkylation sites (N-methyl/N-ethyl adjacent to an activating group) is 1. The molecule has 1 rings (SSSR count). The van der Waals surface area contributed by atoms with Crippen LogP contribution in [0.5, 0.6) is 0 Å². The summed E-state index contributed by atoms with van der Waals surface area (Å²) in [5, 5.41) is 3.34. The van der Waals surface area contributed by atoms with Gasteiger partial charge in [-0.25, -0.2) is 0 Å². The van der Waals surface area contributed by atoms with Crippen molar-refractivity contribution in [3.8, 4) is 0 Å². The quantitative estimate of drug-likeness (QED) is 0.539. The maximum Gasteiger partial charge on any atom is 0.118 e. The molecule has 3 heteroatoms. The van der Waals surface area contributed by atoms with Gasteiger partial charge in [0.15, 0.2) is 0 Å². The molecule has 0 atom stereocenters. The van der Waals surface area contributed by atoms with Crippen molar-refractivity contribution in [1.82, 2.24) is 10.2 Å². The molecule has 0 bridgehead atoms. The van der Waals surface area contributed by atoms with E-state index >= 15 is 0 Å². The van der Waals surface area contributed by atoms with E-state index < -0.39 is 0 Å². The Kier molecular flexibility index (Phi) is 6.76. The van der Waals surface area contributed by atoms with Crippen LogP contribution in [0.4, 0.5) is 0 Å². The Morgan fingerprint density at radius 1 is 1.33 bits per heavy atom. The predicted octanol–water partition coefficient (Wildman–Crippen LogP) is 3.18. The SMILES string of the molecule is C=C(C)CN(CC)Cc1ccc(CNCCC)o1. The molecular formula is C15H26N2O. The highest BCUT2D eigenvalue weighted by Gasteiger charge is 2.07. The van der Waals surface area contributed by atoms with Crippen LogP contribution in [-0.4, -0.2) is 24.5 Å². The first-order chi connectivity index (χ1) is 8.65. The summed E-state index contributed by atoms with van der Waals surface area (Å²) in [6.07, 6.45) is 1.15. The number of rotatable bonds is 9. The molecule has 0 aromatic carbocycles. The lowest BCUT2D eigenvalue weighted by Gasteiger charge is -2.18. The summed E-state index contributed by atoms with van der Waals surface area (Å²) in [7, 11) is 0. The molecule has 0 saturated carbocycles. The highest BCUT2D eigenvalue weighted by atomic mass is 16.3. The van der Waals surface area contributed by atoms with Crippen molar-refractivity contribution in [3.05, 3.63) is 35.8 Å². The lowest BCUT2D eigenvalue weighted by atomic mass is 10.3. The first kappa shape index (κ1) is 15.0. The molecule has 3 nitrogen and oxygen atoms in total. The average Bonchev–Trinajstić information content (AvgIpc) is 2.76. The van der Waals surface area contributed by atoms with Crippen LogP contribution in [-0.2, 0) is 13.1 Å². The maximum atomic E-state index is 5.81. The number of hydrogen-bond acceptors (Lipinski definition) is 3. The van der Waals surface area contributed by atoms with Gasteiger partial charge in [0.1, 0.15) is 11.5 Å². The molecule has 0 amide bonds. The van der Waals surface area contributed by atoms with E-state index in [1.54, 1.807) is 0 Å². The second-order valence-corrected chi connectivity index (χ2v) is 4.81. The largest absolute Gasteiger partial charge is 0.463 e. The molecule has 0 radical (unpaired) electrons. The first-order valence-corrected chi connectivity index (χ1v) is 6.80. The van der Waals surface area contributed by atoms with E-state index in [9.17, 15) is 0 Å². The van der Waals surface area contributed by atoms with Crippen molar-refractivity contribution in [2.45, 2.75) is 40.3 Å². The van der Waals surface area contributed by atoms with E-state index in [1.807, 2.05) is 0 Å². The van der Waals surface area contributed by atoms with Gasteiger partial charge in [-0.05, 0) is 38.6 Å². The molecule has 1 aromatic rings. The summed E-state index contributed by atoms with van der Waals surface area (Å²) < 4.78 is 5.81. The predicted molar refractivity (Wildman–Crippen MR) is 76.5 cm³/mol. The summed E-state index contributed by atoms with van der Waals surface area (Å²) in [6, 6.07) is 4.14. The van der Waals surface area contributed by atoms with Gasteiger partial charge in [0.05, 0.1) is 13.1 Å². The fraction of sp³-hybridized carbons (Fsp3) is 0.600. The van der Waals surface area contributed by atoms with E-state index in [4.69, 9.17) is 4.42 Å². The minimum atomic E-state index is 0.820. The van der Waals surface area contributed by atoms with Gasteiger partial charge in [-0.1, -0.05) is 26.0 Å². The molecule has 0 fully saturated rings. The second kappa shape index (κ2) is 8.11. The molecule has 1 aromatic heterocycles. The van der Waals surface area contributed by atoms with Crippen LogP contribution in [0, 0.1) is 0 Å². The molecule has 0 aliphatic rings. The van der Waals surface area contributed by atoms with Gasteiger partial charge in [-0.15, -0.1) is 0 Å². The van der Waals surface area contributed by atoms with Crippen molar-refractivity contribution in [2.75, 3.05) is 19.6 Å². The molecule has 1 N–H and O–H groups in total. The number of nitrogens with one attached hydrogen (secondary N) is 1. The van der Waals surface area contributed by atoms with Crippen molar-refractivity contribution in [3.63, 3.8) is 0 Å². The Hall–Kier alpha value is -1.06. The average molecular weight is 250 g/mol. The third kappa shape index (κ3) is 5.52. The van der Waals surface area contributed by atoms with Crippen molar-refractivity contribution < 1.29 is 4.42 Å². The minimum Gasteiger partial charge on any atom is -0.463 e. The standard InChI is InChI=1S/C15H26N2O/c1-5-9-16-10-14-7-8-15(18-14)12-17(6-2)11-13(3)4/h7-8,16H,3,5-6,9-12H2,1-2,4H3. The fourth-order valence-corrected chi connectivity index (χ4v) is 1.87.